The maximum atomic E-state index is 5.85. The summed E-state index contributed by atoms with van der Waals surface area (Å²) >= 11 is 0. The lowest BCUT2D eigenvalue weighted by molar-refractivity contribution is -0.106. The average Bonchev–Trinajstić information content (AvgIpc) is 2.34. The third kappa shape index (κ3) is 2.05. The number of nitrogens with two attached hydrogens (primary N) is 1. The van der Waals surface area contributed by atoms with Gasteiger partial charge in [-0.15, -0.1) is 0 Å². The van der Waals surface area contributed by atoms with Crippen molar-refractivity contribution in [1.82, 2.24) is 0 Å². The summed E-state index contributed by atoms with van der Waals surface area (Å²) in [5.74, 6) is 1.06. The summed E-state index contributed by atoms with van der Waals surface area (Å²) < 4.78 is 10.9. The molecule has 1 saturated heterocycles. The molecular formula is C14H19NO2. The summed E-state index contributed by atoms with van der Waals surface area (Å²) in [7, 11) is 0. The molecule has 0 radical (unpaired) electrons. The van der Waals surface area contributed by atoms with E-state index in [1.165, 1.54) is 11.1 Å². The molecule has 0 spiro atoms. The SMILES string of the molecule is NCC1(Cc2ccc3c(c2)CCCO3)COC1. The second-order valence-corrected chi connectivity index (χ2v) is 5.27. The second kappa shape index (κ2) is 4.31. The Hall–Kier alpha value is -1.06. The van der Waals surface area contributed by atoms with Crippen LogP contribution >= 0.6 is 0 Å². The van der Waals surface area contributed by atoms with Gasteiger partial charge in [0, 0.05) is 12.0 Å². The fourth-order valence-electron chi connectivity index (χ4n) is 2.64. The van der Waals surface area contributed by atoms with E-state index in [0.717, 1.165) is 44.8 Å². The van der Waals surface area contributed by atoms with Gasteiger partial charge < -0.3 is 15.2 Å². The predicted molar refractivity (Wildman–Crippen MR) is 66.3 cm³/mol. The summed E-state index contributed by atoms with van der Waals surface area (Å²) in [6, 6.07) is 6.55. The number of hydrogen-bond acceptors (Lipinski definition) is 3. The van der Waals surface area contributed by atoms with Crippen molar-refractivity contribution >= 4 is 0 Å². The molecule has 17 heavy (non-hydrogen) atoms. The van der Waals surface area contributed by atoms with Gasteiger partial charge in [-0.2, -0.15) is 0 Å². The van der Waals surface area contributed by atoms with Crippen LogP contribution in [0.1, 0.15) is 17.5 Å². The average molecular weight is 233 g/mol. The van der Waals surface area contributed by atoms with Crippen molar-refractivity contribution < 1.29 is 9.47 Å². The van der Waals surface area contributed by atoms with Gasteiger partial charge in [-0.05, 0) is 36.5 Å². The molecule has 2 N–H and O–H groups in total. The van der Waals surface area contributed by atoms with Crippen LogP contribution in [0.5, 0.6) is 5.75 Å². The van der Waals surface area contributed by atoms with Crippen LogP contribution in [-0.4, -0.2) is 26.4 Å². The first-order chi connectivity index (χ1) is 8.31. The van der Waals surface area contributed by atoms with Crippen molar-refractivity contribution in [3.8, 4) is 5.75 Å². The van der Waals surface area contributed by atoms with Crippen molar-refractivity contribution in [2.24, 2.45) is 11.1 Å². The van der Waals surface area contributed by atoms with E-state index in [4.69, 9.17) is 15.2 Å². The van der Waals surface area contributed by atoms with Crippen LogP contribution in [0.25, 0.3) is 0 Å². The Kier molecular flexibility index (Phi) is 2.81. The summed E-state index contributed by atoms with van der Waals surface area (Å²) in [5.41, 5.74) is 8.75. The Morgan fingerprint density at radius 3 is 2.88 bits per heavy atom. The lowest BCUT2D eigenvalue weighted by Crippen LogP contribution is -2.49. The number of hydrogen-bond donors (Lipinski definition) is 1. The molecule has 0 atom stereocenters. The number of rotatable bonds is 3. The van der Waals surface area contributed by atoms with Gasteiger partial charge in [0.2, 0.25) is 0 Å². The number of aryl methyl sites for hydroxylation is 1. The van der Waals surface area contributed by atoms with Crippen molar-refractivity contribution in [2.75, 3.05) is 26.4 Å². The fourth-order valence-corrected chi connectivity index (χ4v) is 2.64. The Morgan fingerprint density at radius 2 is 2.18 bits per heavy atom. The number of ether oxygens (including phenoxy) is 2. The molecule has 3 rings (SSSR count). The minimum Gasteiger partial charge on any atom is -0.493 e. The van der Waals surface area contributed by atoms with Crippen LogP contribution in [0.3, 0.4) is 0 Å². The Balaban J connectivity index is 1.79. The Morgan fingerprint density at radius 1 is 1.29 bits per heavy atom. The smallest absolute Gasteiger partial charge is 0.122 e. The van der Waals surface area contributed by atoms with Crippen molar-refractivity contribution in [2.45, 2.75) is 19.3 Å². The fraction of sp³-hybridized carbons (Fsp3) is 0.571. The molecule has 3 heteroatoms. The summed E-state index contributed by atoms with van der Waals surface area (Å²) in [6.07, 6.45) is 3.29. The largest absolute Gasteiger partial charge is 0.493 e. The van der Waals surface area contributed by atoms with Crippen LogP contribution in [0, 0.1) is 5.41 Å². The lowest BCUT2D eigenvalue weighted by Gasteiger charge is -2.40. The molecule has 92 valence electrons. The monoisotopic (exact) mass is 233 g/mol. The van der Waals surface area contributed by atoms with E-state index < -0.39 is 0 Å². The minimum atomic E-state index is 0.184. The predicted octanol–water partition coefficient (Wildman–Crippen LogP) is 1.53. The third-order valence-corrected chi connectivity index (χ3v) is 3.80. The van der Waals surface area contributed by atoms with E-state index in [2.05, 4.69) is 18.2 Å². The highest BCUT2D eigenvalue weighted by Crippen LogP contribution is 2.33. The van der Waals surface area contributed by atoms with Gasteiger partial charge in [-0.25, -0.2) is 0 Å². The highest BCUT2D eigenvalue weighted by atomic mass is 16.5. The molecule has 2 aliphatic rings. The van der Waals surface area contributed by atoms with Crippen LogP contribution in [-0.2, 0) is 17.6 Å². The zero-order valence-corrected chi connectivity index (χ0v) is 10.1. The van der Waals surface area contributed by atoms with Gasteiger partial charge in [-0.3, -0.25) is 0 Å². The number of benzene rings is 1. The van der Waals surface area contributed by atoms with Crippen LogP contribution in [0.15, 0.2) is 18.2 Å². The zero-order chi connectivity index (χ0) is 11.7. The molecular weight excluding hydrogens is 214 g/mol. The highest BCUT2D eigenvalue weighted by molar-refractivity contribution is 5.39. The summed E-state index contributed by atoms with van der Waals surface area (Å²) in [6.45, 7) is 3.17. The summed E-state index contributed by atoms with van der Waals surface area (Å²) in [4.78, 5) is 0. The van der Waals surface area contributed by atoms with E-state index in [-0.39, 0.29) is 5.41 Å². The van der Waals surface area contributed by atoms with Crippen LogP contribution < -0.4 is 10.5 Å². The molecule has 0 bridgehead atoms. The molecule has 0 aromatic heterocycles. The second-order valence-electron chi connectivity index (χ2n) is 5.27. The van der Waals surface area contributed by atoms with E-state index in [0.29, 0.717) is 6.54 Å². The van der Waals surface area contributed by atoms with Gasteiger partial charge >= 0.3 is 0 Å². The highest BCUT2D eigenvalue weighted by Gasteiger charge is 2.37. The summed E-state index contributed by atoms with van der Waals surface area (Å²) in [5, 5.41) is 0. The molecule has 1 aromatic carbocycles. The molecule has 3 nitrogen and oxygen atoms in total. The molecule has 1 aromatic rings. The minimum absolute atomic E-state index is 0.184. The van der Waals surface area contributed by atoms with Gasteiger partial charge in [0.25, 0.3) is 0 Å². The third-order valence-electron chi connectivity index (χ3n) is 3.80. The van der Waals surface area contributed by atoms with E-state index in [1.807, 2.05) is 0 Å². The molecule has 0 saturated carbocycles. The van der Waals surface area contributed by atoms with Crippen LogP contribution in [0.4, 0.5) is 0 Å². The van der Waals surface area contributed by atoms with Gasteiger partial charge in [0.05, 0.1) is 19.8 Å². The molecule has 0 amide bonds. The molecule has 2 heterocycles. The van der Waals surface area contributed by atoms with E-state index >= 15 is 0 Å². The maximum Gasteiger partial charge on any atom is 0.122 e. The van der Waals surface area contributed by atoms with E-state index in [9.17, 15) is 0 Å². The normalized spacial score (nSPS) is 21.2. The molecule has 1 fully saturated rings. The van der Waals surface area contributed by atoms with Crippen LogP contribution in [0.2, 0.25) is 0 Å². The first-order valence-corrected chi connectivity index (χ1v) is 6.34. The van der Waals surface area contributed by atoms with Crippen molar-refractivity contribution in [3.63, 3.8) is 0 Å². The van der Waals surface area contributed by atoms with Gasteiger partial charge in [0.1, 0.15) is 5.75 Å². The maximum absolute atomic E-state index is 5.85. The zero-order valence-electron chi connectivity index (χ0n) is 10.1. The molecule has 0 aliphatic carbocycles. The topological polar surface area (TPSA) is 44.5 Å². The number of fused-ring (bicyclic) bond motifs is 1. The van der Waals surface area contributed by atoms with Gasteiger partial charge in [-0.1, -0.05) is 12.1 Å². The van der Waals surface area contributed by atoms with E-state index in [1.54, 1.807) is 0 Å². The molecule has 2 aliphatic heterocycles. The van der Waals surface area contributed by atoms with Crippen molar-refractivity contribution in [3.05, 3.63) is 29.3 Å². The quantitative estimate of drug-likeness (QED) is 0.861. The molecule has 0 unspecified atom stereocenters. The standard InChI is InChI=1S/C14H19NO2/c15-8-14(9-16-10-14)7-11-3-4-13-12(6-11)2-1-5-17-13/h3-4,6H,1-2,5,7-10,15H2. The first-order valence-electron chi connectivity index (χ1n) is 6.34. The first kappa shape index (κ1) is 11.1. The lowest BCUT2D eigenvalue weighted by atomic mass is 9.79. The Labute approximate surface area is 102 Å². The Bertz CT molecular complexity index is 407. The van der Waals surface area contributed by atoms with Gasteiger partial charge in [0.15, 0.2) is 0 Å². The van der Waals surface area contributed by atoms with Crippen molar-refractivity contribution in [1.29, 1.82) is 0 Å².